The number of benzene rings is 1. The minimum absolute atomic E-state index is 0.213. The van der Waals surface area contributed by atoms with Gasteiger partial charge in [-0.05, 0) is 42.5 Å². The third kappa shape index (κ3) is 3.00. The van der Waals surface area contributed by atoms with E-state index in [-0.39, 0.29) is 5.91 Å². The second-order valence-electron chi connectivity index (χ2n) is 7.43. The highest BCUT2D eigenvalue weighted by atomic mass is 16.2. The van der Waals surface area contributed by atoms with Gasteiger partial charge in [-0.15, -0.1) is 0 Å². The predicted molar refractivity (Wildman–Crippen MR) is 102 cm³/mol. The van der Waals surface area contributed by atoms with Crippen LogP contribution in [0.2, 0.25) is 0 Å². The summed E-state index contributed by atoms with van der Waals surface area (Å²) < 4.78 is 3.81. The van der Waals surface area contributed by atoms with Crippen molar-refractivity contribution in [3.63, 3.8) is 0 Å². The van der Waals surface area contributed by atoms with Crippen LogP contribution in [0.3, 0.4) is 0 Å². The summed E-state index contributed by atoms with van der Waals surface area (Å²) in [6.07, 6.45) is 6.09. The molecule has 2 aromatic heterocycles. The molecule has 0 spiro atoms. The Labute approximate surface area is 153 Å². The summed E-state index contributed by atoms with van der Waals surface area (Å²) in [5, 5.41) is 5.59. The van der Waals surface area contributed by atoms with E-state index in [2.05, 4.69) is 46.8 Å². The molecule has 4 rings (SSSR count). The first kappa shape index (κ1) is 16.8. The first-order chi connectivity index (χ1) is 12.5. The van der Waals surface area contributed by atoms with E-state index in [0.717, 1.165) is 42.8 Å². The number of fused-ring (bicyclic) bond motifs is 1. The molecule has 0 radical (unpaired) electrons. The van der Waals surface area contributed by atoms with Crippen molar-refractivity contribution in [1.29, 1.82) is 0 Å². The summed E-state index contributed by atoms with van der Waals surface area (Å²) >= 11 is 0. The van der Waals surface area contributed by atoms with Gasteiger partial charge in [0.05, 0.1) is 0 Å². The van der Waals surface area contributed by atoms with Gasteiger partial charge in [-0.25, -0.2) is 4.98 Å². The fraction of sp³-hybridized carbons (Fsp3) is 0.450. The SMILES string of the molecule is CC(C)c1cn(CC(=O)N2CCCC2)c2ccc(-c3ncn(C)n3)cc12. The molecule has 1 aliphatic heterocycles. The third-order valence-corrected chi connectivity index (χ3v) is 5.16. The summed E-state index contributed by atoms with van der Waals surface area (Å²) in [6, 6.07) is 6.28. The van der Waals surface area contributed by atoms with Gasteiger partial charge in [-0.1, -0.05) is 13.8 Å². The molecule has 1 saturated heterocycles. The van der Waals surface area contributed by atoms with Gasteiger partial charge >= 0.3 is 0 Å². The lowest BCUT2D eigenvalue weighted by molar-refractivity contribution is -0.130. The molecule has 0 bridgehead atoms. The van der Waals surface area contributed by atoms with Crippen molar-refractivity contribution in [3.05, 3.63) is 36.3 Å². The Morgan fingerprint density at radius 2 is 2.00 bits per heavy atom. The predicted octanol–water partition coefficient (Wildman–Crippen LogP) is 3.18. The number of carbonyl (C=O) groups is 1. The molecule has 0 saturated carbocycles. The molecule has 3 heterocycles. The molecule has 1 fully saturated rings. The second-order valence-corrected chi connectivity index (χ2v) is 7.43. The van der Waals surface area contributed by atoms with Gasteiger partial charge in [0, 0.05) is 42.8 Å². The van der Waals surface area contributed by atoms with Crippen LogP contribution in [-0.4, -0.2) is 43.2 Å². The van der Waals surface area contributed by atoms with Crippen molar-refractivity contribution in [3.8, 4) is 11.4 Å². The highest BCUT2D eigenvalue weighted by molar-refractivity contribution is 5.89. The van der Waals surface area contributed by atoms with Crippen LogP contribution in [0.4, 0.5) is 0 Å². The normalized spacial score (nSPS) is 14.7. The number of amides is 1. The molecule has 0 atom stereocenters. The van der Waals surface area contributed by atoms with Gasteiger partial charge < -0.3 is 9.47 Å². The van der Waals surface area contributed by atoms with Gasteiger partial charge in [0.25, 0.3) is 0 Å². The van der Waals surface area contributed by atoms with E-state index in [1.807, 2.05) is 18.0 Å². The molecule has 136 valence electrons. The topological polar surface area (TPSA) is 56.0 Å². The summed E-state index contributed by atoms with van der Waals surface area (Å²) in [4.78, 5) is 18.9. The maximum absolute atomic E-state index is 12.6. The van der Waals surface area contributed by atoms with Gasteiger partial charge in [-0.3, -0.25) is 9.48 Å². The largest absolute Gasteiger partial charge is 0.341 e. The Morgan fingerprint density at radius 3 is 2.65 bits per heavy atom. The van der Waals surface area contributed by atoms with Gasteiger partial charge in [0.1, 0.15) is 12.9 Å². The average Bonchev–Trinajstić information content (AvgIpc) is 3.34. The molecular formula is C20H25N5O. The van der Waals surface area contributed by atoms with Crippen LogP contribution in [0.1, 0.15) is 38.2 Å². The quantitative estimate of drug-likeness (QED) is 0.725. The van der Waals surface area contributed by atoms with Crippen LogP contribution in [0.15, 0.2) is 30.7 Å². The summed E-state index contributed by atoms with van der Waals surface area (Å²) in [6.45, 7) is 6.57. The number of hydrogen-bond acceptors (Lipinski definition) is 3. The Balaban J connectivity index is 1.73. The molecule has 1 aliphatic rings. The van der Waals surface area contributed by atoms with Crippen molar-refractivity contribution in [2.24, 2.45) is 7.05 Å². The van der Waals surface area contributed by atoms with E-state index in [9.17, 15) is 4.79 Å². The van der Waals surface area contributed by atoms with Crippen LogP contribution in [0.5, 0.6) is 0 Å². The Hall–Kier alpha value is -2.63. The zero-order chi connectivity index (χ0) is 18.3. The molecule has 0 N–H and O–H groups in total. The number of rotatable bonds is 4. The van der Waals surface area contributed by atoms with Crippen LogP contribution in [0.25, 0.3) is 22.3 Å². The first-order valence-electron chi connectivity index (χ1n) is 9.29. The molecule has 6 nitrogen and oxygen atoms in total. The maximum atomic E-state index is 12.6. The zero-order valence-electron chi connectivity index (χ0n) is 15.6. The highest BCUT2D eigenvalue weighted by Gasteiger charge is 2.20. The Bertz CT molecular complexity index is 946. The lowest BCUT2D eigenvalue weighted by atomic mass is 10.0. The first-order valence-corrected chi connectivity index (χ1v) is 9.29. The number of aromatic nitrogens is 4. The lowest BCUT2D eigenvalue weighted by Gasteiger charge is -2.16. The molecule has 26 heavy (non-hydrogen) atoms. The average molecular weight is 351 g/mol. The van der Waals surface area contributed by atoms with E-state index in [1.54, 1.807) is 11.0 Å². The monoisotopic (exact) mass is 351 g/mol. The smallest absolute Gasteiger partial charge is 0.242 e. The zero-order valence-corrected chi connectivity index (χ0v) is 15.6. The minimum atomic E-state index is 0.213. The van der Waals surface area contributed by atoms with E-state index < -0.39 is 0 Å². The van der Waals surface area contributed by atoms with Crippen molar-refractivity contribution < 1.29 is 4.79 Å². The molecule has 0 unspecified atom stereocenters. The molecule has 6 heteroatoms. The highest BCUT2D eigenvalue weighted by Crippen LogP contribution is 2.31. The van der Waals surface area contributed by atoms with Crippen molar-refractivity contribution in [2.45, 2.75) is 39.2 Å². The van der Waals surface area contributed by atoms with E-state index in [0.29, 0.717) is 12.5 Å². The van der Waals surface area contributed by atoms with Crippen molar-refractivity contribution in [1.82, 2.24) is 24.2 Å². The summed E-state index contributed by atoms with van der Waals surface area (Å²) in [7, 11) is 1.87. The summed E-state index contributed by atoms with van der Waals surface area (Å²) in [5.74, 6) is 1.32. The van der Waals surface area contributed by atoms with Crippen molar-refractivity contribution in [2.75, 3.05) is 13.1 Å². The van der Waals surface area contributed by atoms with Crippen LogP contribution in [-0.2, 0) is 18.4 Å². The number of likely N-dealkylation sites (tertiary alicyclic amines) is 1. The third-order valence-electron chi connectivity index (χ3n) is 5.16. The maximum Gasteiger partial charge on any atom is 0.242 e. The van der Waals surface area contributed by atoms with Crippen LogP contribution >= 0.6 is 0 Å². The van der Waals surface area contributed by atoms with E-state index in [4.69, 9.17) is 0 Å². The minimum Gasteiger partial charge on any atom is -0.341 e. The van der Waals surface area contributed by atoms with Crippen molar-refractivity contribution >= 4 is 16.8 Å². The molecule has 1 aromatic carbocycles. The van der Waals surface area contributed by atoms with E-state index >= 15 is 0 Å². The fourth-order valence-corrected chi connectivity index (χ4v) is 3.74. The van der Waals surface area contributed by atoms with Crippen LogP contribution < -0.4 is 0 Å². The van der Waals surface area contributed by atoms with E-state index in [1.165, 1.54) is 10.9 Å². The molecular weight excluding hydrogens is 326 g/mol. The Kier molecular flexibility index (Phi) is 4.26. The standard InChI is InChI=1S/C20H25N5O/c1-14(2)17-11-25(12-19(26)24-8-4-5-9-24)18-7-6-15(10-16(17)18)20-21-13-23(3)22-20/h6-7,10-11,13-14H,4-5,8-9,12H2,1-3H3. The number of nitrogens with zero attached hydrogens (tertiary/aromatic N) is 5. The second kappa shape index (κ2) is 6.59. The molecule has 3 aromatic rings. The Morgan fingerprint density at radius 1 is 1.23 bits per heavy atom. The van der Waals surface area contributed by atoms with Gasteiger partial charge in [0.15, 0.2) is 5.82 Å². The number of carbonyl (C=O) groups excluding carboxylic acids is 1. The summed E-state index contributed by atoms with van der Waals surface area (Å²) in [5.41, 5.74) is 3.36. The number of aryl methyl sites for hydroxylation is 1. The lowest BCUT2D eigenvalue weighted by Crippen LogP contribution is -2.30. The molecule has 1 amide bonds. The fourth-order valence-electron chi connectivity index (χ4n) is 3.74. The van der Waals surface area contributed by atoms with Gasteiger partial charge in [0.2, 0.25) is 5.91 Å². The van der Waals surface area contributed by atoms with Gasteiger partial charge in [-0.2, -0.15) is 5.10 Å². The van der Waals surface area contributed by atoms with Crippen LogP contribution in [0, 0.1) is 0 Å². The number of hydrogen-bond donors (Lipinski definition) is 0. The molecule has 0 aliphatic carbocycles.